The number of nitrogens with zero attached hydrogens (tertiary/aromatic N) is 1. The summed E-state index contributed by atoms with van der Waals surface area (Å²) in [5.41, 5.74) is -0.508. The van der Waals surface area contributed by atoms with Gasteiger partial charge >= 0.3 is 5.97 Å². The molecule has 0 fully saturated rings. The number of hydrogen-bond donors (Lipinski definition) is 3. The highest BCUT2D eigenvalue weighted by atomic mass is 19.1. The van der Waals surface area contributed by atoms with Gasteiger partial charge < -0.3 is 20.7 Å². The Morgan fingerprint density at radius 1 is 1.26 bits per heavy atom. The SMILES string of the molecule is COC(=O)c1cc(NC=O)c(NC(=O)CC#N)c(F)c1Nc1ccccc1. The van der Waals surface area contributed by atoms with Gasteiger partial charge in [0, 0.05) is 5.69 Å². The first-order chi connectivity index (χ1) is 13.0. The zero-order valence-corrected chi connectivity index (χ0v) is 14.2. The molecule has 2 amide bonds. The molecule has 0 aliphatic carbocycles. The van der Waals surface area contributed by atoms with Gasteiger partial charge in [0.15, 0.2) is 5.82 Å². The van der Waals surface area contributed by atoms with Gasteiger partial charge in [-0.2, -0.15) is 5.26 Å². The minimum absolute atomic E-state index is 0.159. The Labute approximate surface area is 153 Å². The number of anilines is 4. The summed E-state index contributed by atoms with van der Waals surface area (Å²) in [7, 11) is 1.13. The maximum atomic E-state index is 15.2. The number of carbonyl (C=O) groups is 3. The molecule has 138 valence electrons. The van der Waals surface area contributed by atoms with Crippen molar-refractivity contribution in [2.45, 2.75) is 6.42 Å². The van der Waals surface area contributed by atoms with Crippen molar-refractivity contribution < 1.29 is 23.5 Å². The molecule has 0 saturated heterocycles. The largest absolute Gasteiger partial charge is 0.465 e. The van der Waals surface area contributed by atoms with Crippen LogP contribution in [-0.2, 0) is 14.3 Å². The Kier molecular flexibility index (Phi) is 6.44. The lowest BCUT2D eigenvalue weighted by Crippen LogP contribution is -2.17. The Morgan fingerprint density at radius 3 is 2.56 bits per heavy atom. The highest BCUT2D eigenvalue weighted by molar-refractivity contribution is 6.04. The van der Waals surface area contributed by atoms with Gasteiger partial charge in [-0.15, -0.1) is 0 Å². The molecule has 2 aromatic carbocycles. The molecule has 0 heterocycles. The van der Waals surface area contributed by atoms with Gasteiger partial charge in [-0.3, -0.25) is 9.59 Å². The van der Waals surface area contributed by atoms with E-state index in [1.807, 2.05) is 0 Å². The van der Waals surface area contributed by atoms with E-state index in [4.69, 9.17) is 5.26 Å². The van der Waals surface area contributed by atoms with E-state index < -0.39 is 24.1 Å². The summed E-state index contributed by atoms with van der Waals surface area (Å²) >= 11 is 0. The van der Waals surface area contributed by atoms with Gasteiger partial charge in [-0.1, -0.05) is 18.2 Å². The molecule has 8 nitrogen and oxygen atoms in total. The van der Waals surface area contributed by atoms with E-state index in [1.165, 1.54) is 0 Å². The average Bonchev–Trinajstić information content (AvgIpc) is 2.67. The van der Waals surface area contributed by atoms with Crippen LogP contribution in [0.2, 0.25) is 0 Å². The molecule has 27 heavy (non-hydrogen) atoms. The number of methoxy groups -OCH3 is 1. The number of halogens is 1. The third-order valence-electron chi connectivity index (χ3n) is 3.43. The van der Waals surface area contributed by atoms with E-state index >= 15 is 4.39 Å². The number of carbonyl (C=O) groups excluding carboxylic acids is 3. The van der Waals surface area contributed by atoms with E-state index in [-0.39, 0.29) is 29.0 Å². The Morgan fingerprint density at radius 2 is 1.96 bits per heavy atom. The van der Waals surface area contributed by atoms with Crippen molar-refractivity contribution in [3.8, 4) is 6.07 Å². The van der Waals surface area contributed by atoms with Crippen molar-refractivity contribution >= 4 is 41.0 Å². The number of esters is 1. The summed E-state index contributed by atoms with van der Waals surface area (Å²) in [6, 6.07) is 11.3. The fraction of sp³-hybridized carbons (Fsp3) is 0.111. The van der Waals surface area contributed by atoms with Crippen LogP contribution in [0.5, 0.6) is 0 Å². The summed E-state index contributed by atoms with van der Waals surface area (Å²) in [6.07, 6.45) is -0.250. The standard InChI is InChI=1S/C18H15FN4O4/c1-27-18(26)12-9-13(21-10-24)17(23-14(25)7-8-20)15(19)16(12)22-11-5-3-2-4-6-11/h2-6,9-10,22H,7H2,1H3,(H,21,24)(H,23,25). The van der Waals surface area contributed by atoms with Gasteiger partial charge in [-0.25, -0.2) is 9.18 Å². The number of benzene rings is 2. The zero-order chi connectivity index (χ0) is 19.8. The second kappa shape index (κ2) is 8.96. The molecule has 0 aliphatic rings. The lowest BCUT2D eigenvalue weighted by atomic mass is 10.1. The van der Waals surface area contributed by atoms with Crippen molar-refractivity contribution in [3.05, 3.63) is 47.8 Å². The fourth-order valence-corrected chi connectivity index (χ4v) is 2.26. The van der Waals surface area contributed by atoms with Crippen molar-refractivity contribution in [3.63, 3.8) is 0 Å². The summed E-state index contributed by atoms with van der Waals surface area (Å²) in [5.74, 6) is -2.63. The van der Waals surface area contributed by atoms with Crippen LogP contribution in [0.1, 0.15) is 16.8 Å². The highest BCUT2D eigenvalue weighted by Crippen LogP contribution is 2.36. The third-order valence-corrected chi connectivity index (χ3v) is 3.43. The van der Waals surface area contributed by atoms with Gasteiger partial charge in [0.05, 0.1) is 30.1 Å². The minimum Gasteiger partial charge on any atom is -0.465 e. The number of rotatable bonds is 7. The fourth-order valence-electron chi connectivity index (χ4n) is 2.26. The molecule has 0 saturated carbocycles. The summed E-state index contributed by atoms with van der Waals surface area (Å²) < 4.78 is 19.8. The number of nitrogens with one attached hydrogen (secondary N) is 3. The van der Waals surface area contributed by atoms with Crippen molar-refractivity contribution in [2.24, 2.45) is 0 Å². The summed E-state index contributed by atoms with van der Waals surface area (Å²) in [6.45, 7) is 0. The molecule has 2 rings (SSSR count). The normalized spacial score (nSPS) is 9.67. The second-order valence-corrected chi connectivity index (χ2v) is 5.16. The predicted octanol–water partition coefficient (Wildman–Crippen LogP) is 2.78. The number of ether oxygens (including phenoxy) is 1. The monoisotopic (exact) mass is 370 g/mol. The van der Waals surface area contributed by atoms with E-state index in [0.717, 1.165) is 13.2 Å². The van der Waals surface area contributed by atoms with Gasteiger partial charge in [0.1, 0.15) is 12.1 Å². The van der Waals surface area contributed by atoms with Gasteiger partial charge in [-0.05, 0) is 18.2 Å². The van der Waals surface area contributed by atoms with Crippen molar-refractivity contribution in [1.29, 1.82) is 5.26 Å². The quantitative estimate of drug-likeness (QED) is 0.509. The van der Waals surface area contributed by atoms with Crippen LogP contribution in [-0.4, -0.2) is 25.4 Å². The van der Waals surface area contributed by atoms with Gasteiger partial charge in [0.25, 0.3) is 0 Å². The number of amides is 2. The molecule has 0 spiro atoms. The molecule has 0 aliphatic heterocycles. The Hall–Kier alpha value is -3.93. The minimum atomic E-state index is -1.00. The average molecular weight is 370 g/mol. The van der Waals surface area contributed by atoms with Crippen LogP contribution >= 0.6 is 0 Å². The number of nitriles is 1. The maximum Gasteiger partial charge on any atom is 0.340 e. The molecule has 0 aromatic heterocycles. The predicted molar refractivity (Wildman–Crippen MR) is 96.0 cm³/mol. The molecule has 9 heteroatoms. The molecule has 0 unspecified atom stereocenters. The zero-order valence-electron chi connectivity index (χ0n) is 14.2. The summed E-state index contributed by atoms with van der Waals surface area (Å²) in [4.78, 5) is 34.7. The molecular formula is C18H15FN4O4. The van der Waals surface area contributed by atoms with Crippen LogP contribution in [0.4, 0.5) is 27.1 Å². The molecule has 0 atom stereocenters. The van der Waals surface area contributed by atoms with Gasteiger partial charge in [0.2, 0.25) is 12.3 Å². The molecule has 2 aromatic rings. The molecule has 0 radical (unpaired) electrons. The first-order valence-corrected chi connectivity index (χ1v) is 7.65. The van der Waals surface area contributed by atoms with Crippen molar-refractivity contribution in [2.75, 3.05) is 23.1 Å². The summed E-state index contributed by atoms with van der Waals surface area (Å²) in [5, 5.41) is 15.8. The number of hydrogen-bond acceptors (Lipinski definition) is 6. The smallest absolute Gasteiger partial charge is 0.340 e. The lowest BCUT2D eigenvalue weighted by molar-refractivity contribution is -0.115. The first-order valence-electron chi connectivity index (χ1n) is 7.65. The van der Waals surface area contributed by atoms with Crippen LogP contribution in [0.15, 0.2) is 36.4 Å². The Balaban J connectivity index is 2.63. The maximum absolute atomic E-state index is 15.2. The van der Waals surface area contributed by atoms with Crippen LogP contribution in [0, 0.1) is 17.1 Å². The molecule has 0 bridgehead atoms. The van der Waals surface area contributed by atoms with E-state index in [0.29, 0.717) is 5.69 Å². The second-order valence-electron chi connectivity index (χ2n) is 5.16. The Bertz CT molecular complexity index is 910. The highest BCUT2D eigenvalue weighted by Gasteiger charge is 2.24. The molecule has 3 N–H and O–H groups in total. The number of para-hydroxylation sites is 1. The van der Waals surface area contributed by atoms with E-state index in [9.17, 15) is 14.4 Å². The van der Waals surface area contributed by atoms with Crippen LogP contribution < -0.4 is 16.0 Å². The first kappa shape index (κ1) is 19.4. The van der Waals surface area contributed by atoms with Crippen LogP contribution in [0.25, 0.3) is 0 Å². The third kappa shape index (κ3) is 4.58. The van der Waals surface area contributed by atoms with Crippen molar-refractivity contribution in [1.82, 2.24) is 0 Å². The van der Waals surface area contributed by atoms with E-state index in [1.54, 1.807) is 36.4 Å². The lowest BCUT2D eigenvalue weighted by Gasteiger charge is -2.18. The molecular weight excluding hydrogens is 355 g/mol. The topological polar surface area (TPSA) is 120 Å². The van der Waals surface area contributed by atoms with Crippen LogP contribution in [0.3, 0.4) is 0 Å². The van der Waals surface area contributed by atoms with E-state index in [2.05, 4.69) is 20.7 Å².